The van der Waals surface area contributed by atoms with Crippen LogP contribution in [0.25, 0.3) is 11.0 Å². The van der Waals surface area contributed by atoms with Gasteiger partial charge < -0.3 is 5.32 Å². The van der Waals surface area contributed by atoms with Gasteiger partial charge in [0.1, 0.15) is 5.65 Å². The van der Waals surface area contributed by atoms with Crippen LogP contribution in [0.2, 0.25) is 0 Å². The first-order chi connectivity index (χ1) is 13.1. The van der Waals surface area contributed by atoms with E-state index in [2.05, 4.69) is 9.97 Å². The third-order valence-corrected chi connectivity index (χ3v) is 4.06. The maximum atomic E-state index is 13.5. The van der Waals surface area contributed by atoms with Gasteiger partial charge in [0, 0.05) is 30.7 Å². The third-order valence-electron chi connectivity index (χ3n) is 4.06. The number of carbonyl (C=O) groups is 1. The number of H-pyrrole nitrogens is 1. The van der Waals surface area contributed by atoms with Crippen molar-refractivity contribution in [3.63, 3.8) is 0 Å². The monoisotopic (exact) mass is 393 g/mol. The Morgan fingerprint density at radius 3 is 2.64 bits per heavy atom. The van der Waals surface area contributed by atoms with Crippen molar-refractivity contribution < 1.29 is 18.0 Å². The van der Waals surface area contributed by atoms with Gasteiger partial charge in [-0.2, -0.15) is 13.2 Å². The molecule has 8 nitrogen and oxygen atoms in total. The highest BCUT2D eigenvalue weighted by Crippen LogP contribution is 2.32. The average Bonchev–Trinajstić information content (AvgIpc) is 2.63. The number of carbonyl (C=O) groups excluding carboxylic acids is 1. The standard InChI is InChI=1S/C17H14F3N5O3/c1-8-6-10(11-13(22-8)25(2)16(28)24-15(11)27)14(26)23-12(17(18,19)20)9-4-3-5-21-7-9/h3-7,12H,1-2H3,(H,23,26)(H,24,27,28). The second-order valence-electron chi connectivity index (χ2n) is 6.06. The highest BCUT2D eigenvalue weighted by atomic mass is 19.4. The number of nitrogens with one attached hydrogen (secondary N) is 2. The highest BCUT2D eigenvalue weighted by molar-refractivity contribution is 6.05. The molecule has 11 heteroatoms. The van der Waals surface area contributed by atoms with Gasteiger partial charge in [0.15, 0.2) is 6.04 Å². The maximum Gasteiger partial charge on any atom is 0.412 e. The van der Waals surface area contributed by atoms with Crippen molar-refractivity contribution in [2.45, 2.75) is 19.1 Å². The van der Waals surface area contributed by atoms with E-state index in [4.69, 9.17) is 0 Å². The van der Waals surface area contributed by atoms with Crippen LogP contribution in [0.3, 0.4) is 0 Å². The third kappa shape index (κ3) is 3.50. The molecule has 0 radical (unpaired) electrons. The van der Waals surface area contributed by atoms with Gasteiger partial charge in [0.25, 0.3) is 11.5 Å². The summed E-state index contributed by atoms with van der Waals surface area (Å²) in [5, 5.41) is 1.62. The average molecular weight is 393 g/mol. The Bertz CT molecular complexity index is 1170. The number of rotatable bonds is 3. The summed E-state index contributed by atoms with van der Waals surface area (Å²) in [5.74, 6) is -1.13. The van der Waals surface area contributed by atoms with Crippen LogP contribution in [-0.2, 0) is 7.05 Å². The van der Waals surface area contributed by atoms with Gasteiger partial charge in [-0.25, -0.2) is 9.78 Å². The van der Waals surface area contributed by atoms with Crippen molar-refractivity contribution >= 4 is 16.9 Å². The lowest BCUT2D eigenvalue weighted by atomic mass is 10.1. The summed E-state index contributed by atoms with van der Waals surface area (Å²) in [6.45, 7) is 1.49. The zero-order chi connectivity index (χ0) is 20.6. The quantitative estimate of drug-likeness (QED) is 0.698. The number of hydrogen-bond acceptors (Lipinski definition) is 5. The van der Waals surface area contributed by atoms with Crippen LogP contribution in [0.15, 0.2) is 40.2 Å². The minimum atomic E-state index is -4.80. The fourth-order valence-corrected chi connectivity index (χ4v) is 2.75. The lowest BCUT2D eigenvalue weighted by molar-refractivity contribution is -0.155. The number of aryl methyl sites for hydroxylation is 2. The lowest BCUT2D eigenvalue weighted by Gasteiger charge is -2.22. The number of halogens is 3. The molecule has 146 valence electrons. The molecule has 3 aromatic rings. The minimum Gasteiger partial charge on any atom is -0.337 e. The highest BCUT2D eigenvalue weighted by Gasteiger charge is 2.42. The summed E-state index contributed by atoms with van der Waals surface area (Å²) >= 11 is 0. The summed E-state index contributed by atoms with van der Waals surface area (Å²) in [4.78, 5) is 46.4. The molecule has 2 N–H and O–H groups in total. The first kappa shape index (κ1) is 19.3. The largest absolute Gasteiger partial charge is 0.412 e. The molecule has 1 unspecified atom stereocenters. The minimum absolute atomic E-state index is 0.108. The van der Waals surface area contributed by atoms with E-state index in [0.717, 1.165) is 10.8 Å². The van der Waals surface area contributed by atoms with E-state index in [1.807, 2.05) is 10.3 Å². The Morgan fingerprint density at radius 1 is 1.32 bits per heavy atom. The van der Waals surface area contributed by atoms with Crippen molar-refractivity contribution in [3.8, 4) is 0 Å². The molecule has 0 aromatic carbocycles. The SMILES string of the molecule is Cc1cc(C(=O)NC(c2cccnc2)C(F)(F)F)c2c(=O)[nH]c(=O)n(C)c2n1. The zero-order valence-corrected chi connectivity index (χ0v) is 14.7. The van der Waals surface area contributed by atoms with Crippen LogP contribution in [0, 0.1) is 6.92 Å². The zero-order valence-electron chi connectivity index (χ0n) is 14.7. The molecule has 0 saturated carbocycles. The Morgan fingerprint density at radius 2 is 2.04 bits per heavy atom. The molecule has 28 heavy (non-hydrogen) atoms. The smallest absolute Gasteiger partial charge is 0.337 e. The molecular weight excluding hydrogens is 379 g/mol. The van der Waals surface area contributed by atoms with Crippen LogP contribution in [-0.4, -0.2) is 31.6 Å². The summed E-state index contributed by atoms with van der Waals surface area (Å²) in [6, 6.07) is 1.35. The van der Waals surface area contributed by atoms with Gasteiger partial charge in [0.2, 0.25) is 0 Å². The molecule has 3 aromatic heterocycles. The van der Waals surface area contributed by atoms with Crippen molar-refractivity contribution in [3.05, 3.63) is 68.3 Å². The van der Waals surface area contributed by atoms with Crippen LogP contribution in [0.1, 0.15) is 27.7 Å². The van der Waals surface area contributed by atoms with Crippen LogP contribution in [0.4, 0.5) is 13.2 Å². The van der Waals surface area contributed by atoms with Gasteiger partial charge in [0.05, 0.1) is 10.9 Å². The normalized spacial score (nSPS) is 12.8. The lowest BCUT2D eigenvalue weighted by Crippen LogP contribution is -2.39. The molecule has 0 saturated heterocycles. The molecule has 0 spiro atoms. The van der Waals surface area contributed by atoms with Crippen molar-refractivity contribution in [1.29, 1.82) is 0 Å². The molecule has 1 atom stereocenters. The fourth-order valence-electron chi connectivity index (χ4n) is 2.75. The van der Waals surface area contributed by atoms with Crippen LogP contribution < -0.4 is 16.6 Å². The van der Waals surface area contributed by atoms with Gasteiger partial charge in [-0.1, -0.05) is 6.07 Å². The Balaban J connectivity index is 2.15. The maximum absolute atomic E-state index is 13.5. The molecule has 0 aliphatic carbocycles. The van der Waals surface area contributed by atoms with E-state index in [1.165, 1.54) is 38.4 Å². The van der Waals surface area contributed by atoms with Gasteiger partial charge in [-0.15, -0.1) is 0 Å². The Hall–Kier alpha value is -3.50. The number of aromatic nitrogens is 4. The van der Waals surface area contributed by atoms with E-state index in [9.17, 15) is 27.6 Å². The molecule has 0 aliphatic heterocycles. The summed E-state index contributed by atoms with van der Waals surface area (Å²) in [7, 11) is 1.32. The second-order valence-corrected chi connectivity index (χ2v) is 6.06. The fraction of sp³-hybridized carbons (Fsp3) is 0.235. The van der Waals surface area contributed by atoms with Crippen LogP contribution in [0.5, 0.6) is 0 Å². The van der Waals surface area contributed by atoms with E-state index >= 15 is 0 Å². The van der Waals surface area contributed by atoms with Gasteiger partial charge in [-0.3, -0.25) is 24.1 Å². The molecular formula is C17H14F3N5O3. The number of alkyl halides is 3. The molecule has 0 fully saturated rings. The first-order valence-electron chi connectivity index (χ1n) is 7.97. The Kier molecular flexibility index (Phi) is 4.75. The predicted molar refractivity (Wildman–Crippen MR) is 92.8 cm³/mol. The summed E-state index contributed by atoms with van der Waals surface area (Å²) in [6.07, 6.45) is -2.50. The second kappa shape index (κ2) is 6.91. The van der Waals surface area contributed by atoms with Crippen molar-refractivity contribution in [2.24, 2.45) is 7.05 Å². The number of nitrogens with zero attached hydrogens (tertiary/aromatic N) is 3. The molecule has 3 heterocycles. The first-order valence-corrected chi connectivity index (χ1v) is 7.97. The molecule has 0 bridgehead atoms. The molecule has 3 rings (SSSR count). The number of fused-ring (bicyclic) bond motifs is 1. The van der Waals surface area contributed by atoms with Gasteiger partial charge in [-0.05, 0) is 19.1 Å². The summed E-state index contributed by atoms with van der Waals surface area (Å²) < 4.78 is 41.5. The van der Waals surface area contributed by atoms with E-state index in [1.54, 1.807) is 0 Å². The molecule has 1 amide bonds. The topological polar surface area (TPSA) is 110 Å². The number of pyridine rings is 2. The van der Waals surface area contributed by atoms with Gasteiger partial charge >= 0.3 is 11.9 Å². The van der Waals surface area contributed by atoms with E-state index < -0.39 is 29.4 Å². The van der Waals surface area contributed by atoms with E-state index in [-0.39, 0.29) is 27.9 Å². The predicted octanol–water partition coefficient (Wildman–Crippen LogP) is 1.36. The van der Waals surface area contributed by atoms with Crippen LogP contribution >= 0.6 is 0 Å². The summed E-state index contributed by atoms with van der Waals surface area (Å²) in [5.41, 5.74) is -2.12. The van der Waals surface area contributed by atoms with Crippen molar-refractivity contribution in [1.82, 2.24) is 24.8 Å². The van der Waals surface area contributed by atoms with E-state index in [0.29, 0.717) is 0 Å². The Labute approximate surface area is 155 Å². The van der Waals surface area contributed by atoms with Crippen molar-refractivity contribution in [2.75, 3.05) is 0 Å². The number of aromatic amines is 1. The number of amides is 1. The number of hydrogen-bond donors (Lipinski definition) is 2. The molecule has 0 aliphatic rings.